The van der Waals surface area contributed by atoms with Gasteiger partial charge in [0.1, 0.15) is 0 Å². The summed E-state index contributed by atoms with van der Waals surface area (Å²) in [7, 11) is 0. The van der Waals surface area contributed by atoms with Gasteiger partial charge in [0.2, 0.25) is 0 Å². The molecule has 1 aromatic carbocycles. The Morgan fingerprint density at radius 1 is 0.333 bits per heavy atom. The van der Waals surface area contributed by atoms with Crippen LogP contribution in [0.25, 0.3) is 0 Å². The fraction of sp³-hybridized carbons (Fsp3) is 0.500. The molecular formula is C12H18Se6. The Morgan fingerprint density at radius 3 is 0.500 bits per heavy atom. The summed E-state index contributed by atoms with van der Waals surface area (Å²) in [5.74, 6) is 14.5. The van der Waals surface area contributed by atoms with Gasteiger partial charge in [0.15, 0.2) is 0 Å². The van der Waals surface area contributed by atoms with Gasteiger partial charge in [-0.05, 0) is 0 Å². The van der Waals surface area contributed by atoms with E-state index in [0.29, 0.717) is 89.7 Å². The molecule has 6 heteroatoms. The number of rotatable bonds is 6. The fourth-order valence-corrected chi connectivity index (χ4v) is 21.8. The molecule has 0 unspecified atom stereocenters. The van der Waals surface area contributed by atoms with Crippen molar-refractivity contribution < 1.29 is 0 Å². The maximum absolute atomic E-state index is 2.42. The van der Waals surface area contributed by atoms with Crippen LogP contribution in [0.15, 0.2) is 0 Å². The van der Waals surface area contributed by atoms with E-state index in [9.17, 15) is 0 Å². The molecule has 0 aromatic heterocycles. The zero-order valence-corrected chi connectivity index (χ0v) is 21.7. The van der Waals surface area contributed by atoms with Crippen LogP contribution in [-0.4, -0.2) is 89.7 Å². The quantitative estimate of drug-likeness (QED) is 0.316. The van der Waals surface area contributed by atoms with Crippen LogP contribution in [0.5, 0.6) is 0 Å². The van der Waals surface area contributed by atoms with Crippen LogP contribution in [0.2, 0.25) is 34.9 Å². The summed E-state index contributed by atoms with van der Waals surface area (Å²) in [4.78, 5) is 0. The Labute approximate surface area is 149 Å². The van der Waals surface area contributed by atoms with E-state index in [1.54, 1.807) is 0 Å². The Kier molecular flexibility index (Phi) is 9.57. The Balaban J connectivity index is 3.71. The molecule has 0 aliphatic carbocycles. The zero-order valence-electron chi connectivity index (χ0n) is 11.4. The van der Waals surface area contributed by atoms with Gasteiger partial charge in [-0.15, -0.1) is 0 Å². The third-order valence-corrected chi connectivity index (χ3v) is 16.7. The number of hydrogen-bond donors (Lipinski definition) is 0. The molecule has 0 aliphatic rings. The molecule has 18 heavy (non-hydrogen) atoms. The van der Waals surface area contributed by atoms with E-state index in [1.807, 2.05) is 26.8 Å². The molecule has 0 saturated carbocycles. The van der Waals surface area contributed by atoms with E-state index in [-0.39, 0.29) is 0 Å². The molecule has 0 nitrogen and oxygen atoms in total. The van der Waals surface area contributed by atoms with Crippen molar-refractivity contribution in [2.45, 2.75) is 34.9 Å². The van der Waals surface area contributed by atoms with Gasteiger partial charge in [-0.3, -0.25) is 0 Å². The molecule has 1 aromatic rings. The molecule has 102 valence electrons. The molecule has 0 bridgehead atoms. The first-order valence-corrected chi connectivity index (χ1v) is 20.6. The summed E-state index contributed by atoms with van der Waals surface area (Å²) in [6.45, 7) is 0. The SMILES string of the molecule is C[Se]c1c([Se]C)c([Se]C)c([Se]C)c([Se]C)c1[Se]C. The normalized spacial score (nSPS) is 11.0. The van der Waals surface area contributed by atoms with Crippen LogP contribution in [0.4, 0.5) is 0 Å². The van der Waals surface area contributed by atoms with Crippen molar-refractivity contribution in [2.75, 3.05) is 0 Å². The molecule has 0 saturated heterocycles. The fourth-order valence-electron chi connectivity index (χ4n) is 1.73. The van der Waals surface area contributed by atoms with Gasteiger partial charge in [-0.2, -0.15) is 0 Å². The Morgan fingerprint density at radius 2 is 0.444 bits per heavy atom. The Hall–Kier alpha value is 2.34. The van der Waals surface area contributed by atoms with Crippen molar-refractivity contribution in [1.29, 1.82) is 0 Å². The molecule has 0 atom stereocenters. The van der Waals surface area contributed by atoms with E-state index in [0.717, 1.165) is 0 Å². The second-order valence-corrected chi connectivity index (χ2v) is 13.5. The van der Waals surface area contributed by atoms with Crippen molar-refractivity contribution in [3.05, 3.63) is 0 Å². The van der Waals surface area contributed by atoms with Gasteiger partial charge in [-0.25, -0.2) is 0 Å². The van der Waals surface area contributed by atoms with Crippen molar-refractivity contribution in [3.8, 4) is 0 Å². The van der Waals surface area contributed by atoms with Crippen LogP contribution in [0.1, 0.15) is 0 Å². The third-order valence-electron chi connectivity index (χ3n) is 2.46. The third kappa shape index (κ3) is 3.75. The second-order valence-electron chi connectivity index (χ2n) is 3.20. The summed E-state index contributed by atoms with van der Waals surface area (Å²) in [5, 5.41) is 0. The molecule has 0 N–H and O–H groups in total. The van der Waals surface area contributed by atoms with Crippen LogP contribution < -0.4 is 26.8 Å². The molecule has 0 amide bonds. The van der Waals surface area contributed by atoms with E-state index < -0.39 is 0 Å². The second kappa shape index (κ2) is 9.37. The summed E-state index contributed by atoms with van der Waals surface area (Å²) in [6.07, 6.45) is 0. The van der Waals surface area contributed by atoms with Crippen LogP contribution in [0.3, 0.4) is 0 Å². The average molecular weight is 636 g/mol. The van der Waals surface area contributed by atoms with Crippen molar-refractivity contribution in [2.24, 2.45) is 0 Å². The standard InChI is InChI=1S/C12H18Se6/c1-13-7-8(14-2)10(16-4)12(18-6)11(17-5)9(7)15-3/h1-6H3. The van der Waals surface area contributed by atoms with Crippen LogP contribution >= 0.6 is 0 Å². The van der Waals surface area contributed by atoms with Crippen molar-refractivity contribution >= 4 is 117 Å². The van der Waals surface area contributed by atoms with Gasteiger partial charge in [0, 0.05) is 0 Å². The van der Waals surface area contributed by atoms with Gasteiger partial charge in [-0.1, -0.05) is 0 Å². The predicted octanol–water partition coefficient (Wildman–Crippen LogP) is -2.05. The molecule has 0 spiro atoms. The monoisotopic (exact) mass is 642 g/mol. The minimum atomic E-state index is 0.680. The van der Waals surface area contributed by atoms with Gasteiger partial charge < -0.3 is 0 Å². The predicted molar refractivity (Wildman–Crippen MR) is 94.0 cm³/mol. The van der Waals surface area contributed by atoms with Crippen LogP contribution in [-0.2, 0) is 0 Å². The van der Waals surface area contributed by atoms with E-state index in [1.165, 1.54) is 0 Å². The molecule has 0 heterocycles. The molecule has 0 fully saturated rings. The Bertz CT molecular complexity index is 295. The number of hydrogen-bond acceptors (Lipinski definition) is 0. The molecular weight excluding hydrogens is 618 g/mol. The summed E-state index contributed by atoms with van der Waals surface area (Å²) >= 11 is 4.08. The molecule has 0 aliphatic heterocycles. The topological polar surface area (TPSA) is 0 Å². The summed E-state index contributed by atoms with van der Waals surface area (Å²) < 4.78 is 10.9. The first kappa shape index (κ1) is 18.4. The van der Waals surface area contributed by atoms with Crippen molar-refractivity contribution in [3.63, 3.8) is 0 Å². The van der Waals surface area contributed by atoms with Gasteiger partial charge in [0.25, 0.3) is 0 Å². The van der Waals surface area contributed by atoms with Gasteiger partial charge >= 0.3 is 151 Å². The minimum absolute atomic E-state index is 0.680. The summed E-state index contributed by atoms with van der Waals surface area (Å²) in [5.41, 5.74) is 0. The van der Waals surface area contributed by atoms with Gasteiger partial charge in [0.05, 0.1) is 0 Å². The first-order valence-electron chi connectivity index (χ1n) is 5.17. The summed E-state index contributed by atoms with van der Waals surface area (Å²) in [6, 6.07) is 0. The number of benzene rings is 1. The zero-order chi connectivity index (χ0) is 13.7. The maximum atomic E-state index is 2.42. The average Bonchev–Trinajstić information content (AvgIpc) is 2.43. The van der Waals surface area contributed by atoms with E-state index in [2.05, 4.69) is 34.9 Å². The van der Waals surface area contributed by atoms with Crippen molar-refractivity contribution in [1.82, 2.24) is 0 Å². The first-order chi connectivity index (χ1) is 8.69. The van der Waals surface area contributed by atoms with Crippen LogP contribution in [0, 0.1) is 0 Å². The van der Waals surface area contributed by atoms with E-state index in [4.69, 9.17) is 0 Å². The molecule has 1 rings (SSSR count). The molecule has 0 radical (unpaired) electrons. The van der Waals surface area contributed by atoms with E-state index >= 15 is 0 Å².